The maximum absolute atomic E-state index is 12.2. The van der Waals surface area contributed by atoms with Crippen LogP contribution in [0.5, 0.6) is 5.75 Å². The fourth-order valence-electron chi connectivity index (χ4n) is 1.69. The summed E-state index contributed by atoms with van der Waals surface area (Å²) in [5.74, 6) is -0.193. The second kappa shape index (κ2) is 7.67. The number of halogens is 2. The average molecular weight is 333 g/mol. The molecule has 4 nitrogen and oxygen atoms in total. The second-order valence-electron chi connectivity index (χ2n) is 5.93. The molecule has 0 aliphatic rings. The van der Waals surface area contributed by atoms with Crippen LogP contribution in [0.4, 0.5) is 8.78 Å². The second-order valence-corrected chi connectivity index (χ2v) is 7.69. The molecule has 0 aromatic heterocycles. The Labute approximate surface area is 131 Å². The van der Waals surface area contributed by atoms with Crippen LogP contribution in [-0.4, -0.2) is 27.5 Å². The topological polar surface area (TPSA) is 55.4 Å². The molecule has 0 unspecified atom stereocenters. The largest absolute Gasteiger partial charge is 0.435 e. The lowest BCUT2D eigenvalue weighted by atomic mass is 10.1. The highest BCUT2D eigenvalue weighted by Crippen LogP contribution is 2.18. The fourth-order valence-corrected chi connectivity index (χ4v) is 2.75. The van der Waals surface area contributed by atoms with E-state index in [0.717, 1.165) is 0 Å². The van der Waals surface area contributed by atoms with Gasteiger partial charge in [-0.2, -0.15) is 8.78 Å². The first-order valence-electron chi connectivity index (χ1n) is 6.81. The van der Waals surface area contributed by atoms with Crippen molar-refractivity contribution in [3.8, 4) is 5.75 Å². The summed E-state index contributed by atoms with van der Waals surface area (Å²) in [6, 6.07) is 6.00. The zero-order valence-electron chi connectivity index (χ0n) is 13.1. The van der Waals surface area contributed by atoms with Gasteiger partial charge in [-0.15, -0.1) is 0 Å². The van der Waals surface area contributed by atoms with Crippen LogP contribution >= 0.6 is 0 Å². The average Bonchev–Trinajstić information content (AvgIpc) is 2.35. The van der Waals surface area contributed by atoms with Crippen LogP contribution in [0, 0.1) is 0 Å². The first-order valence-corrected chi connectivity index (χ1v) is 8.19. The van der Waals surface area contributed by atoms with Gasteiger partial charge in [0.1, 0.15) is 11.0 Å². The van der Waals surface area contributed by atoms with E-state index in [1.165, 1.54) is 12.1 Å². The molecule has 0 heterocycles. The van der Waals surface area contributed by atoms with Crippen LogP contribution in [0.25, 0.3) is 0 Å². The van der Waals surface area contributed by atoms with Crippen LogP contribution in [-0.2, 0) is 21.3 Å². The number of ether oxygens (including phenoxy) is 1. The maximum Gasteiger partial charge on any atom is 0.387 e. The van der Waals surface area contributed by atoms with Gasteiger partial charge < -0.3 is 10.1 Å². The third-order valence-corrected chi connectivity index (χ3v) is 4.31. The quantitative estimate of drug-likeness (QED) is 0.871. The van der Waals surface area contributed by atoms with Crippen molar-refractivity contribution >= 4 is 16.7 Å². The minimum absolute atomic E-state index is 0.0105. The molecule has 0 spiro atoms. The van der Waals surface area contributed by atoms with Crippen LogP contribution < -0.4 is 10.1 Å². The summed E-state index contributed by atoms with van der Waals surface area (Å²) in [6.07, 6.45) is 0. The van der Waals surface area contributed by atoms with Crippen molar-refractivity contribution in [3.63, 3.8) is 0 Å². The summed E-state index contributed by atoms with van der Waals surface area (Å²) >= 11 is 0. The molecular formula is C15H21F2NO3S. The molecule has 0 saturated heterocycles. The Morgan fingerprint density at radius 3 is 2.55 bits per heavy atom. The van der Waals surface area contributed by atoms with E-state index >= 15 is 0 Å². The molecule has 7 heteroatoms. The lowest BCUT2D eigenvalue weighted by Gasteiger charge is -2.23. The van der Waals surface area contributed by atoms with Gasteiger partial charge in [0.15, 0.2) is 0 Å². The van der Waals surface area contributed by atoms with Crippen LogP contribution in [0.2, 0.25) is 0 Å². The van der Waals surface area contributed by atoms with E-state index in [1.807, 2.05) is 20.8 Å². The van der Waals surface area contributed by atoms with Crippen LogP contribution in [0.3, 0.4) is 0 Å². The normalized spacial score (nSPS) is 14.5. The monoisotopic (exact) mass is 333 g/mol. The molecule has 0 fully saturated rings. The molecule has 0 radical (unpaired) electrons. The standard InChI is InChI=1S/C15H21F2NO3S/c1-10(13(19)18-15(2,3)4)22(20)9-11-6-5-7-12(8-11)21-14(16)17/h5-8,10,14H,9H2,1-4H3,(H,18,19)/t10-,22+/m1/s1. The van der Waals surface area contributed by atoms with Gasteiger partial charge in [0.2, 0.25) is 5.91 Å². The number of hydrogen-bond acceptors (Lipinski definition) is 3. The first kappa shape index (κ1) is 18.5. The van der Waals surface area contributed by atoms with Crippen molar-refractivity contribution in [2.24, 2.45) is 0 Å². The molecule has 1 aromatic rings. The SMILES string of the molecule is C[C@H](C(=O)NC(C)(C)C)[S@@](=O)Cc1cccc(OC(F)F)c1. The van der Waals surface area contributed by atoms with Crippen molar-refractivity contribution < 1.29 is 22.5 Å². The molecule has 0 saturated carbocycles. The Morgan fingerprint density at radius 2 is 2.00 bits per heavy atom. The zero-order chi connectivity index (χ0) is 16.9. The molecule has 1 N–H and O–H groups in total. The lowest BCUT2D eigenvalue weighted by molar-refractivity contribution is -0.121. The van der Waals surface area contributed by atoms with Gasteiger partial charge in [0.05, 0.1) is 0 Å². The highest BCUT2D eigenvalue weighted by molar-refractivity contribution is 7.85. The van der Waals surface area contributed by atoms with E-state index in [2.05, 4.69) is 10.1 Å². The Kier molecular flexibility index (Phi) is 6.47. The smallest absolute Gasteiger partial charge is 0.387 e. The Bertz CT molecular complexity index is 544. The van der Waals surface area contributed by atoms with Gasteiger partial charge in [-0.25, -0.2) is 0 Å². The fraction of sp³-hybridized carbons (Fsp3) is 0.533. The summed E-state index contributed by atoms with van der Waals surface area (Å²) in [6.45, 7) is 4.19. The molecule has 0 bridgehead atoms. The minimum Gasteiger partial charge on any atom is -0.435 e. The molecule has 124 valence electrons. The number of benzene rings is 1. The van der Waals surface area contributed by atoms with Gasteiger partial charge in [0.25, 0.3) is 0 Å². The van der Waals surface area contributed by atoms with Gasteiger partial charge in [-0.1, -0.05) is 12.1 Å². The van der Waals surface area contributed by atoms with Gasteiger partial charge in [-0.3, -0.25) is 9.00 Å². The van der Waals surface area contributed by atoms with E-state index < -0.39 is 28.2 Å². The summed E-state index contributed by atoms with van der Waals surface area (Å²) in [5, 5.41) is 2.07. The minimum atomic E-state index is -2.91. The zero-order valence-corrected chi connectivity index (χ0v) is 13.9. The van der Waals surface area contributed by atoms with Gasteiger partial charge in [0, 0.05) is 22.1 Å². The highest BCUT2D eigenvalue weighted by atomic mass is 32.2. The molecule has 0 aliphatic carbocycles. The molecule has 0 aliphatic heterocycles. The van der Waals surface area contributed by atoms with Crippen molar-refractivity contribution in [1.82, 2.24) is 5.32 Å². The third kappa shape index (κ3) is 6.51. The van der Waals surface area contributed by atoms with Gasteiger partial charge in [-0.05, 0) is 45.4 Å². The number of carbonyl (C=O) groups is 1. The van der Waals surface area contributed by atoms with Crippen molar-refractivity contribution in [1.29, 1.82) is 0 Å². The molecule has 1 amide bonds. The first-order chi connectivity index (χ1) is 10.1. The number of amides is 1. The van der Waals surface area contributed by atoms with Gasteiger partial charge >= 0.3 is 6.61 Å². The molecule has 1 rings (SSSR count). The number of nitrogens with one attached hydrogen (secondary N) is 1. The molecule has 2 atom stereocenters. The predicted octanol–water partition coefficient (Wildman–Crippen LogP) is 2.84. The van der Waals surface area contributed by atoms with E-state index in [9.17, 15) is 17.8 Å². The lowest BCUT2D eigenvalue weighted by Crippen LogP contribution is -2.46. The van der Waals surface area contributed by atoms with Crippen LogP contribution in [0.15, 0.2) is 24.3 Å². The maximum atomic E-state index is 12.2. The van der Waals surface area contributed by atoms with E-state index in [-0.39, 0.29) is 17.4 Å². The summed E-state index contributed by atoms with van der Waals surface area (Å²) < 4.78 is 40.9. The van der Waals surface area contributed by atoms with E-state index in [0.29, 0.717) is 5.56 Å². The van der Waals surface area contributed by atoms with E-state index in [1.54, 1.807) is 19.1 Å². The van der Waals surface area contributed by atoms with Crippen molar-refractivity contribution in [2.75, 3.05) is 0 Å². The number of hydrogen-bond donors (Lipinski definition) is 1. The van der Waals surface area contributed by atoms with Crippen LogP contribution in [0.1, 0.15) is 33.3 Å². The third-order valence-electron chi connectivity index (χ3n) is 2.69. The molecule has 22 heavy (non-hydrogen) atoms. The number of rotatable bonds is 6. The Hall–Kier alpha value is -1.50. The Morgan fingerprint density at radius 1 is 1.36 bits per heavy atom. The highest BCUT2D eigenvalue weighted by Gasteiger charge is 2.24. The summed E-state index contributed by atoms with van der Waals surface area (Å²) in [5.41, 5.74) is 0.174. The summed E-state index contributed by atoms with van der Waals surface area (Å²) in [7, 11) is -1.46. The number of alkyl halides is 2. The van der Waals surface area contributed by atoms with Crippen molar-refractivity contribution in [3.05, 3.63) is 29.8 Å². The van der Waals surface area contributed by atoms with E-state index in [4.69, 9.17) is 0 Å². The van der Waals surface area contributed by atoms with Crippen molar-refractivity contribution in [2.45, 2.75) is 50.8 Å². The molecule has 1 aromatic carbocycles. The number of carbonyl (C=O) groups excluding carboxylic acids is 1. The predicted molar refractivity (Wildman–Crippen MR) is 82.3 cm³/mol. The molecular weight excluding hydrogens is 312 g/mol. The Balaban J connectivity index is 2.70. The summed E-state index contributed by atoms with van der Waals surface area (Å²) in [4.78, 5) is 12.0.